The van der Waals surface area contributed by atoms with E-state index in [1.54, 1.807) is 13.8 Å². The summed E-state index contributed by atoms with van der Waals surface area (Å²) in [4.78, 5) is 22.8. The standard InChI is InChI=1S/C16H23NO4/c1-10(2)15(16(19)20)17-14(18)7-8-21-13-9-11(3)5-6-12(13)4/h5-6,9-10,15H,7-8H2,1-4H3,(H,17,18)(H,19,20). The zero-order valence-corrected chi connectivity index (χ0v) is 13.0. The first kappa shape index (κ1) is 17.0. The van der Waals surface area contributed by atoms with Gasteiger partial charge in [0.05, 0.1) is 13.0 Å². The van der Waals surface area contributed by atoms with Gasteiger partial charge in [0.25, 0.3) is 0 Å². The number of carbonyl (C=O) groups excluding carboxylic acids is 1. The molecule has 1 rings (SSSR count). The normalized spacial score (nSPS) is 12.0. The van der Waals surface area contributed by atoms with Crippen LogP contribution in [0, 0.1) is 19.8 Å². The number of rotatable bonds is 7. The van der Waals surface area contributed by atoms with Crippen molar-refractivity contribution in [2.24, 2.45) is 5.92 Å². The predicted molar refractivity (Wildman–Crippen MR) is 80.4 cm³/mol. The summed E-state index contributed by atoms with van der Waals surface area (Å²) >= 11 is 0. The van der Waals surface area contributed by atoms with Crippen molar-refractivity contribution in [1.82, 2.24) is 5.32 Å². The number of benzene rings is 1. The summed E-state index contributed by atoms with van der Waals surface area (Å²) in [7, 11) is 0. The molecule has 1 unspecified atom stereocenters. The molecule has 0 saturated heterocycles. The highest BCUT2D eigenvalue weighted by Crippen LogP contribution is 2.19. The number of carboxylic acids is 1. The molecule has 1 aromatic carbocycles. The predicted octanol–water partition coefficient (Wildman–Crippen LogP) is 2.30. The molecule has 0 aliphatic rings. The van der Waals surface area contributed by atoms with Crippen LogP contribution in [-0.2, 0) is 9.59 Å². The molecular weight excluding hydrogens is 270 g/mol. The topological polar surface area (TPSA) is 75.6 Å². The van der Waals surface area contributed by atoms with E-state index in [2.05, 4.69) is 5.32 Å². The average Bonchev–Trinajstić information content (AvgIpc) is 2.39. The quantitative estimate of drug-likeness (QED) is 0.809. The maximum atomic E-state index is 11.7. The molecule has 5 nitrogen and oxygen atoms in total. The number of carbonyl (C=O) groups is 2. The van der Waals surface area contributed by atoms with Crippen LogP contribution < -0.4 is 10.1 Å². The Hall–Kier alpha value is -2.04. The lowest BCUT2D eigenvalue weighted by molar-refractivity contribution is -0.143. The molecule has 0 aromatic heterocycles. The SMILES string of the molecule is Cc1ccc(C)c(OCCC(=O)NC(C(=O)O)C(C)C)c1. The molecule has 0 saturated carbocycles. The van der Waals surface area contributed by atoms with E-state index in [0.717, 1.165) is 16.9 Å². The fourth-order valence-corrected chi connectivity index (χ4v) is 1.88. The van der Waals surface area contributed by atoms with Gasteiger partial charge in [-0.15, -0.1) is 0 Å². The minimum Gasteiger partial charge on any atom is -0.493 e. The Labute approximate surface area is 125 Å². The first-order chi connectivity index (χ1) is 9.81. The Bertz CT molecular complexity index is 511. The smallest absolute Gasteiger partial charge is 0.326 e. The highest BCUT2D eigenvalue weighted by atomic mass is 16.5. The van der Waals surface area contributed by atoms with Crippen LogP contribution in [-0.4, -0.2) is 29.6 Å². The molecule has 5 heteroatoms. The number of hydrogen-bond acceptors (Lipinski definition) is 3. The molecule has 0 radical (unpaired) electrons. The van der Waals surface area contributed by atoms with Crippen molar-refractivity contribution < 1.29 is 19.4 Å². The van der Waals surface area contributed by atoms with Crippen molar-refractivity contribution in [2.75, 3.05) is 6.61 Å². The first-order valence-corrected chi connectivity index (χ1v) is 7.03. The Balaban J connectivity index is 2.46. The fraction of sp³-hybridized carbons (Fsp3) is 0.500. The number of aryl methyl sites for hydroxylation is 2. The lowest BCUT2D eigenvalue weighted by atomic mass is 10.0. The fourth-order valence-electron chi connectivity index (χ4n) is 1.88. The van der Waals surface area contributed by atoms with Crippen LogP contribution in [0.25, 0.3) is 0 Å². The van der Waals surface area contributed by atoms with Gasteiger partial charge >= 0.3 is 5.97 Å². The van der Waals surface area contributed by atoms with Gasteiger partial charge in [0.2, 0.25) is 5.91 Å². The van der Waals surface area contributed by atoms with Crippen LogP contribution in [0.2, 0.25) is 0 Å². The number of ether oxygens (including phenoxy) is 1. The summed E-state index contributed by atoms with van der Waals surface area (Å²) in [6.45, 7) is 7.64. The Morgan fingerprint density at radius 2 is 1.95 bits per heavy atom. The van der Waals surface area contributed by atoms with Crippen LogP contribution in [0.4, 0.5) is 0 Å². The molecule has 0 spiro atoms. The summed E-state index contributed by atoms with van der Waals surface area (Å²) < 4.78 is 5.58. The highest BCUT2D eigenvalue weighted by molar-refractivity contribution is 5.83. The van der Waals surface area contributed by atoms with Gasteiger partial charge in [-0.3, -0.25) is 4.79 Å². The van der Waals surface area contributed by atoms with E-state index in [-0.39, 0.29) is 24.9 Å². The number of aliphatic carboxylic acids is 1. The molecule has 0 aliphatic carbocycles. The van der Waals surface area contributed by atoms with Crippen molar-refractivity contribution in [3.63, 3.8) is 0 Å². The van der Waals surface area contributed by atoms with Crippen molar-refractivity contribution >= 4 is 11.9 Å². The first-order valence-electron chi connectivity index (χ1n) is 7.03. The lowest BCUT2D eigenvalue weighted by Crippen LogP contribution is -2.44. The van der Waals surface area contributed by atoms with Crippen LogP contribution >= 0.6 is 0 Å². The van der Waals surface area contributed by atoms with Crippen LogP contribution in [0.15, 0.2) is 18.2 Å². The molecule has 0 heterocycles. The molecule has 1 atom stereocenters. The van der Waals surface area contributed by atoms with E-state index >= 15 is 0 Å². The van der Waals surface area contributed by atoms with E-state index in [1.807, 2.05) is 32.0 Å². The summed E-state index contributed by atoms with van der Waals surface area (Å²) in [5, 5.41) is 11.5. The Kier molecular flexibility index (Phi) is 6.21. The maximum absolute atomic E-state index is 11.7. The van der Waals surface area contributed by atoms with Gasteiger partial charge in [-0.05, 0) is 37.0 Å². The zero-order chi connectivity index (χ0) is 16.0. The number of carboxylic acid groups (broad SMARTS) is 1. The monoisotopic (exact) mass is 293 g/mol. The average molecular weight is 293 g/mol. The van der Waals surface area contributed by atoms with Crippen molar-refractivity contribution in [3.8, 4) is 5.75 Å². The molecule has 21 heavy (non-hydrogen) atoms. The van der Waals surface area contributed by atoms with Crippen molar-refractivity contribution in [1.29, 1.82) is 0 Å². The van der Waals surface area contributed by atoms with E-state index in [0.29, 0.717) is 0 Å². The minimum atomic E-state index is -1.02. The summed E-state index contributed by atoms with van der Waals surface area (Å²) in [5.41, 5.74) is 2.09. The molecule has 116 valence electrons. The van der Waals surface area contributed by atoms with Crippen LogP contribution in [0.1, 0.15) is 31.4 Å². The summed E-state index contributed by atoms with van der Waals surface area (Å²) in [5.74, 6) is -0.747. The summed E-state index contributed by atoms with van der Waals surface area (Å²) in [6, 6.07) is 5.01. The zero-order valence-electron chi connectivity index (χ0n) is 13.0. The van der Waals surface area contributed by atoms with Crippen LogP contribution in [0.3, 0.4) is 0 Å². The molecule has 0 aliphatic heterocycles. The van der Waals surface area contributed by atoms with Gasteiger partial charge in [0.15, 0.2) is 0 Å². The third-order valence-corrected chi connectivity index (χ3v) is 3.18. The molecule has 1 aromatic rings. The van der Waals surface area contributed by atoms with Gasteiger partial charge in [0, 0.05) is 0 Å². The second kappa shape index (κ2) is 7.67. The van der Waals surface area contributed by atoms with E-state index in [9.17, 15) is 9.59 Å². The molecule has 0 bridgehead atoms. The van der Waals surface area contributed by atoms with Gasteiger partial charge in [-0.2, -0.15) is 0 Å². The lowest BCUT2D eigenvalue weighted by Gasteiger charge is -2.18. The van der Waals surface area contributed by atoms with E-state index in [4.69, 9.17) is 9.84 Å². The molecular formula is C16H23NO4. The molecule has 2 N–H and O–H groups in total. The van der Waals surface area contributed by atoms with Crippen molar-refractivity contribution in [3.05, 3.63) is 29.3 Å². The number of hydrogen-bond donors (Lipinski definition) is 2. The number of nitrogens with one attached hydrogen (secondary N) is 1. The van der Waals surface area contributed by atoms with Gasteiger partial charge in [0.1, 0.15) is 11.8 Å². The second-order valence-corrected chi connectivity index (χ2v) is 5.49. The van der Waals surface area contributed by atoms with Gasteiger partial charge in [-0.1, -0.05) is 26.0 Å². The third-order valence-electron chi connectivity index (χ3n) is 3.18. The molecule has 0 fully saturated rings. The van der Waals surface area contributed by atoms with Crippen LogP contribution in [0.5, 0.6) is 5.75 Å². The van der Waals surface area contributed by atoms with E-state index in [1.165, 1.54) is 0 Å². The summed E-state index contributed by atoms with van der Waals surface area (Å²) in [6.07, 6.45) is 0.129. The Morgan fingerprint density at radius 1 is 1.29 bits per heavy atom. The highest BCUT2D eigenvalue weighted by Gasteiger charge is 2.23. The maximum Gasteiger partial charge on any atom is 0.326 e. The third kappa shape index (κ3) is 5.45. The second-order valence-electron chi connectivity index (χ2n) is 5.49. The molecule has 1 amide bonds. The van der Waals surface area contributed by atoms with E-state index < -0.39 is 12.0 Å². The number of amides is 1. The van der Waals surface area contributed by atoms with Gasteiger partial charge in [-0.25, -0.2) is 4.79 Å². The van der Waals surface area contributed by atoms with Crippen molar-refractivity contribution in [2.45, 2.75) is 40.2 Å². The largest absolute Gasteiger partial charge is 0.493 e. The Morgan fingerprint density at radius 3 is 2.52 bits per heavy atom. The van der Waals surface area contributed by atoms with Gasteiger partial charge < -0.3 is 15.2 Å². The minimum absolute atomic E-state index is 0.129.